The third-order valence-corrected chi connectivity index (χ3v) is 7.77. The number of benzene rings is 3. The minimum atomic E-state index is -1.74. The van der Waals surface area contributed by atoms with Gasteiger partial charge in [0.2, 0.25) is 5.90 Å². The van der Waals surface area contributed by atoms with Gasteiger partial charge in [-0.25, -0.2) is 4.99 Å². The lowest BCUT2D eigenvalue weighted by Crippen LogP contribution is -2.48. The summed E-state index contributed by atoms with van der Waals surface area (Å²) >= 11 is 0. The molecule has 0 bridgehead atoms. The first kappa shape index (κ1) is 37.4. The zero-order valence-electron chi connectivity index (χ0n) is 29.1. The van der Waals surface area contributed by atoms with Crippen molar-refractivity contribution >= 4 is 23.5 Å². The third-order valence-electron chi connectivity index (χ3n) is 7.77. The number of carbonyl (C=O) groups is 2. The van der Waals surface area contributed by atoms with Crippen molar-refractivity contribution in [2.75, 3.05) is 34.5 Å². The number of aliphatic imine (C=N–C) groups is 1. The molecular weight excluding hydrogens is 646 g/mol. The molecule has 0 aromatic heterocycles. The molecule has 0 fully saturated rings. The number of esters is 1. The van der Waals surface area contributed by atoms with Crippen LogP contribution in [-0.4, -0.2) is 68.6 Å². The van der Waals surface area contributed by atoms with Crippen molar-refractivity contribution in [3.8, 4) is 23.0 Å². The van der Waals surface area contributed by atoms with Gasteiger partial charge in [0.15, 0.2) is 11.6 Å². The lowest BCUT2D eigenvalue weighted by atomic mass is 9.82. The Morgan fingerprint density at radius 3 is 2.30 bits per heavy atom. The average Bonchev–Trinajstić information content (AvgIpc) is 3.50. The van der Waals surface area contributed by atoms with E-state index in [0.717, 1.165) is 0 Å². The molecule has 1 heterocycles. The van der Waals surface area contributed by atoms with Gasteiger partial charge >= 0.3 is 5.97 Å². The maximum absolute atomic E-state index is 14.7. The number of amides is 1. The summed E-state index contributed by atoms with van der Waals surface area (Å²) in [7, 11) is 4.51. The minimum absolute atomic E-state index is 0.00685. The number of azide groups is 1. The summed E-state index contributed by atoms with van der Waals surface area (Å²) in [5.74, 6) is 0.943. The van der Waals surface area contributed by atoms with E-state index in [9.17, 15) is 15.1 Å². The van der Waals surface area contributed by atoms with Crippen molar-refractivity contribution < 1.29 is 43.1 Å². The summed E-state index contributed by atoms with van der Waals surface area (Å²) in [5, 5.41) is 15.9. The molecule has 0 saturated carbocycles. The highest BCUT2D eigenvalue weighted by atomic mass is 16.6. The van der Waals surface area contributed by atoms with Gasteiger partial charge in [-0.3, -0.25) is 9.59 Å². The minimum Gasteiger partial charge on any atom is -0.496 e. The van der Waals surface area contributed by atoms with Crippen LogP contribution in [0.3, 0.4) is 0 Å². The average molecular weight is 690 g/mol. The van der Waals surface area contributed by atoms with Crippen LogP contribution < -0.4 is 24.3 Å². The SMILES string of the molecule is COc1cc(OC)c(CNC(=O)[C@]2(CCC(=O)OC(C)(C)C)N=C(c3ccc(OCCCO)cc3)O[C@@H]2c2ccccc2N=[N+]=[N-])c(OC)c1. The van der Waals surface area contributed by atoms with Gasteiger partial charge in [0.05, 0.1) is 40.0 Å². The molecule has 0 radical (unpaired) electrons. The maximum atomic E-state index is 14.7. The topological polar surface area (TPSA) is 183 Å². The Kier molecular flexibility index (Phi) is 12.5. The Balaban J connectivity index is 1.82. The zero-order valence-corrected chi connectivity index (χ0v) is 29.1. The van der Waals surface area contributed by atoms with Crippen LogP contribution in [0.15, 0.2) is 70.8 Å². The van der Waals surface area contributed by atoms with Gasteiger partial charge in [-0.15, -0.1) is 0 Å². The largest absolute Gasteiger partial charge is 0.496 e. The summed E-state index contributed by atoms with van der Waals surface area (Å²) in [4.78, 5) is 35.7. The number of methoxy groups -OCH3 is 3. The van der Waals surface area contributed by atoms with E-state index < -0.39 is 29.1 Å². The van der Waals surface area contributed by atoms with Crippen LogP contribution in [0.1, 0.15) is 62.8 Å². The summed E-state index contributed by atoms with van der Waals surface area (Å²) in [6.45, 7) is 5.57. The Labute approximate surface area is 290 Å². The number of ether oxygens (including phenoxy) is 6. The van der Waals surface area contributed by atoms with Crippen molar-refractivity contribution in [2.24, 2.45) is 10.1 Å². The quantitative estimate of drug-likeness (QED) is 0.0589. The number of rotatable bonds is 16. The van der Waals surface area contributed by atoms with Crippen molar-refractivity contribution in [1.29, 1.82) is 0 Å². The van der Waals surface area contributed by atoms with Gasteiger partial charge < -0.3 is 38.8 Å². The van der Waals surface area contributed by atoms with Gasteiger partial charge in [-0.2, -0.15) is 0 Å². The van der Waals surface area contributed by atoms with E-state index in [2.05, 4.69) is 15.3 Å². The predicted octanol–water partition coefficient (Wildman–Crippen LogP) is 6.11. The molecule has 14 nitrogen and oxygen atoms in total. The highest BCUT2D eigenvalue weighted by Crippen LogP contribution is 2.46. The molecule has 0 saturated heterocycles. The normalized spacial score (nSPS) is 16.7. The van der Waals surface area contributed by atoms with Crippen LogP contribution in [0.2, 0.25) is 0 Å². The van der Waals surface area contributed by atoms with Gasteiger partial charge in [0.25, 0.3) is 5.91 Å². The van der Waals surface area contributed by atoms with E-state index in [-0.39, 0.29) is 37.6 Å². The monoisotopic (exact) mass is 689 g/mol. The van der Waals surface area contributed by atoms with E-state index in [1.807, 2.05) is 0 Å². The molecule has 0 aliphatic carbocycles. The van der Waals surface area contributed by atoms with Gasteiger partial charge in [0, 0.05) is 53.3 Å². The van der Waals surface area contributed by atoms with Crippen molar-refractivity contribution in [2.45, 2.75) is 63.8 Å². The molecule has 266 valence electrons. The van der Waals surface area contributed by atoms with Crippen LogP contribution in [0.4, 0.5) is 5.69 Å². The molecule has 1 aliphatic rings. The number of aliphatic hydroxyl groups excluding tert-OH is 1. The summed E-state index contributed by atoms with van der Waals surface area (Å²) in [6, 6.07) is 17.0. The highest BCUT2D eigenvalue weighted by molar-refractivity contribution is 6.01. The first-order valence-corrected chi connectivity index (χ1v) is 16.0. The first-order valence-electron chi connectivity index (χ1n) is 16.0. The number of nitrogens with one attached hydrogen (secondary N) is 1. The lowest BCUT2D eigenvalue weighted by Gasteiger charge is -2.31. The Morgan fingerprint density at radius 1 is 1.02 bits per heavy atom. The number of hydrogen-bond donors (Lipinski definition) is 2. The van der Waals surface area contributed by atoms with Crippen molar-refractivity contribution in [1.82, 2.24) is 5.32 Å². The summed E-state index contributed by atoms with van der Waals surface area (Å²) < 4.78 is 34.3. The molecule has 4 rings (SSSR count). The Morgan fingerprint density at radius 2 is 1.70 bits per heavy atom. The van der Waals surface area contributed by atoms with Crippen LogP contribution >= 0.6 is 0 Å². The van der Waals surface area contributed by atoms with Crippen LogP contribution in [-0.2, 0) is 25.6 Å². The van der Waals surface area contributed by atoms with E-state index in [4.69, 9.17) is 38.5 Å². The molecular formula is C36H43N5O9. The summed E-state index contributed by atoms with van der Waals surface area (Å²) in [6.07, 6.45) is -0.946. The molecule has 0 spiro atoms. The van der Waals surface area contributed by atoms with Gasteiger partial charge in [0.1, 0.15) is 28.6 Å². The second kappa shape index (κ2) is 16.8. The van der Waals surface area contributed by atoms with E-state index in [0.29, 0.717) is 52.7 Å². The second-order valence-corrected chi connectivity index (χ2v) is 12.3. The summed E-state index contributed by atoms with van der Waals surface area (Å²) in [5.41, 5.74) is 8.59. The van der Waals surface area contributed by atoms with Crippen molar-refractivity contribution in [3.63, 3.8) is 0 Å². The van der Waals surface area contributed by atoms with Crippen molar-refractivity contribution in [3.05, 3.63) is 87.8 Å². The van der Waals surface area contributed by atoms with E-state index >= 15 is 0 Å². The zero-order chi connectivity index (χ0) is 36.3. The molecule has 14 heteroatoms. The molecule has 50 heavy (non-hydrogen) atoms. The standard InChI is InChI=1S/C36H43N5O9/c1-35(2,3)50-31(43)16-17-36(34(44)38-22-27-29(46-5)20-25(45-4)21-30(27)47-6)32(26-10-7-8-11-28(26)40-41-37)49-33(39-36)23-12-14-24(15-13-23)48-19-9-18-42/h7-8,10-15,20-21,32,42H,9,16-19,22H2,1-6H3,(H,38,44)/t32-,36-/m1/s1. The number of nitrogens with zero attached hydrogens (tertiary/aromatic N) is 4. The molecule has 3 aromatic rings. The molecule has 1 aliphatic heterocycles. The smallest absolute Gasteiger partial charge is 0.306 e. The van der Waals surface area contributed by atoms with Crippen LogP contribution in [0, 0.1) is 0 Å². The molecule has 3 aromatic carbocycles. The fourth-order valence-corrected chi connectivity index (χ4v) is 5.45. The molecule has 1 amide bonds. The Hall–Kier alpha value is -5.46. The van der Waals surface area contributed by atoms with Gasteiger partial charge in [-0.1, -0.05) is 29.4 Å². The molecule has 2 atom stereocenters. The van der Waals surface area contributed by atoms with Crippen LogP contribution in [0.5, 0.6) is 23.0 Å². The maximum Gasteiger partial charge on any atom is 0.306 e. The first-order chi connectivity index (χ1) is 24.0. The fraction of sp³-hybridized carbons (Fsp3) is 0.417. The number of aliphatic hydroxyl groups is 1. The molecule has 0 unspecified atom stereocenters. The highest BCUT2D eigenvalue weighted by Gasteiger charge is 2.54. The fourth-order valence-electron chi connectivity index (χ4n) is 5.45. The van der Waals surface area contributed by atoms with E-state index in [1.165, 1.54) is 21.3 Å². The van der Waals surface area contributed by atoms with Crippen LogP contribution in [0.25, 0.3) is 10.4 Å². The number of hydrogen-bond acceptors (Lipinski definition) is 11. The second-order valence-electron chi connectivity index (χ2n) is 12.3. The number of carbonyl (C=O) groups excluding carboxylic acids is 2. The van der Waals surface area contributed by atoms with Gasteiger partial charge in [-0.05, 0) is 57.0 Å². The van der Waals surface area contributed by atoms with E-state index in [1.54, 1.807) is 81.4 Å². The molecule has 2 N–H and O–H groups in total. The third kappa shape index (κ3) is 8.95. The predicted molar refractivity (Wildman–Crippen MR) is 185 cm³/mol. The lowest BCUT2D eigenvalue weighted by molar-refractivity contribution is -0.155. The Bertz CT molecular complexity index is 1710.